The fourth-order valence-electron chi connectivity index (χ4n) is 1.58. The largest absolute Gasteiger partial charge is 0.508 e. The molecule has 0 spiro atoms. The van der Waals surface area contributed by atoms with Crippen LogP contribution < -0.4 is 0 Å². The lowest BCUT2D eigenvalue weighted by Crippen LogP contribution is -1.88. The van der Waals surface area contributed by atoms with E-state index in [-0.39, 0.29) is 23.0 Å². The molecule has 0 saturated carbocycles. The highest BCUT2D eigenvalue weighted by molar-refractivity contribution is 5.49. The van der Waals surface area contributed by atoms with Crippen LogP contribution in [0.4, 0.5) is 0 Å². The Hall–Kier alpha value is -2.36. The second kappa shape index (κ2) is 4.25. The van der Waals surface area contributed by atoms with Crippen molar-refractivity contribution in [2.24, 2.45) is 0 Å². The van der Waals surface area contributed by atoms with Gasteiger partial charge >= 0.3 is 0 Å². The van der Waals surface area contributed by atoms with Crippen molar-refractivity contribution in [2.75, 3.05) is 0 Å². The first kappa shape index (κ1) is 11.1. The summed E-state index contributed by atoms with van der Waals surface area (Å²) in [5, 5.41) is 37.3. The predicted octanol–water partition coefficient (Wildman–Crippen LogP) is 2.10. The first-order chi connectivity index (χ1) is 8.06. The number of hydrogen-bond donors (Lipinski definition) is 4. The lowest BCUT2D eigenvalue weighted by molar-refractivity contribution is 0.395. The fraction of sp³-hybridized carbons (Fsp3) is 0.0769. The highest BCUT2D eigenvalue weighted by Crippen LogP contribution is 2.33. The summed E-state index contributed by atoms with van der Waals surface area (Å²) in [5.74, 6) is -0.520. The highest BCUT2D eigenvalue weighted by Gasteiger charge is 2.08. The van der Waals surface area contributed by atoms with E-state index in [1.807, 2.05) is 0 Å². The fourth-order valence-corrected chi connectivity index (χ4v) is 1.58. The second-order valence-electron chi connectivity index (χ2n) is 3.81. The monoisotopic (exact) mass is 232 g/mol. The van der Waals surface area contributed by atoms with Gasteiger partial charge in [-0.15, -0.1) is 0 Å². The Bertz CT molecular complexity index is 532. The molecule has 0 unspecified atom stereocenters. The van der Waals surface area contributed by atoms with E-state index >= 15 is 0 Å². The van der Waals surface area contributed by atoms with E-state index in [1.165, 1.54) is 6.07 Å². The van der Waals surface area contributed by atoms with Crippen molar-refractivity contribution in [3.63, 3.8) is 0 Å². The summed E-state index contributed by atoms with van der Waals surface area (Å²) in [6.45, 7) is 0. The molecule has 0 amide bonds. The van der Waals surface area contributed by atoms with Gasteiger partial charge in [0.15, 0.2) is 11.5 Å². The van der Waals surface area contributed by atoms with Gasteiger partial charge in [0.2, 0.25) is 0 Å². The lowest BCUT2D eigenvalue weighted by atomic mass is 10.0. The van der Waals surface area contributed by atoms with Crippen molar-refractivity contribution in [2.45, 2.75) is 6.42 Å². The van der Waals surface area contributed by atoms with Crippen molar-refractivity contribution in [1.29, 1.82) is 0 Å². The molecule has 0 heterocycles. The molecule has 4 nitrogen and oxygen atoms in total. The molecule has 0 saturated heterocycles. The van der Waals surface area contributed by atoms with Crippen LogP contribution in [0, 0.1) is 0 Å². The normalized spacial score (nSPS) is 10.4. The molecule has 4 heteroatoms. The third-order valence-electron chi connectivity index (χ3n) is 2.51. The minimum absolute atomic E-state index is 0.0756. The second-order valence-corrected chi connectivity index (χ2v) is 3.81. The van der Waals surface area contributed by atoms with Crippen molar-refractivity contribution < 1.29 is 20.4 Å². The van der Waals surface area contributed by atoms with Gasteiger partial charge in [0.05, 0.1) is 0 Å². The average Bonchev–Trinajstić information content (AvgIpc) is 2.29. The Labute approximate surface area is 98.0 Å². The Morgan fingerprint density at radius 1 is 0.706 bits per heavy atom. The Balaban J connectivity index is 2.30. The summed E-state index contributed by atoms with van der Waals surface area (Å²) >= 11 is 0. The van der Waals surface area contributed by atoms with Crippen LogP contribution in [0.3, 0.4) is 0 Å². The zero-order valence-electron chi connectivity index (χ0n) is 8.96. The molecule has 0 fully saturated rings. The quantitative estimate of drug-likeness (QED) is 0.472. The van der Waals surface area contributed by atoms with Crippen molar-refractivity contribution in [3.05, 3.63) is 47.5 Å². The van der Waals surface area contributed by atoms with E-state index in [0.29, 0.717) is 12.0 Å². The standard InChI is InChI=1S/C13H12O4/c14-10-3-1-8(2-4-10)5-9-6-12(16)13(17)7-11(9)15/h1-4,6-7,14-17H,5H2. The summed E-state index contributed by atoms with van der Waals surface area (Å²) in [6.07, 6.45) is 0.403. The molecule has 0 aliphatic rings. The molecule has 2 aromatic carbocycles. The van der Waals surface area contributed by atoms with Crippen LogP contribution in [0.5, 0.6) is 23.0 Å². The van der Waals surface area contributed by atoms with E-state index < -0.39 is 0 Å². The van der Waals surface area contributed by atoms with Gasteiger partial charge in [0, 0.05) is 18.1 Å². The van der Waals surface area contributed by atoms with Crippen molar-refractivity contribution in [3.8, 4) is 23.0 Å². The summed E-state index contributed by atoms with van der Waals surface area (Å²) in [7, 11) is 0. The number of phenols is 4. The van der Waals surface area contributed by atoms with Crippen LogP contribution in [-0.4, -0.2) is 20.4 Å². The first-order valence-corrected chi connectivity index (χ1v) is 5.08. The van der Waals surface area contributed by atoms with Crippen LogP contribution in [0.15, 0.2) is 36.4 Å². The molecule has 4 N–H and O–H groups in total. The molecular weight excluding hydrogens is 220 g/mol. The maximum Gasteiger partial charge on any atom is 0.161 e. The van der Waals surface area contributed by atoms with Crippen LogP contribution in [0.25, 0.3) is 0 Å². The molecule has 0 aliphatic heterocycles. The van der Waals surface area contributed by atoms with Gasteiger partial charge in [-0.25, -0.2) is 0 Å². The number of rotatable bonds is 2. The molecule has 2 rings (SSSR count). The van der Waals surface area contributed by atoms with Crippen molar-refractivity contribution in [1.82, 2.24) is 0 Å². The van der Waals surface area contributed by atoms with E-state index in [9.17, 15) is 15.3 Å². The van der Waals surface area contributed by atoms with Crippen LogP contribution in [-0.2, 0) is 6.42 Å². The molecule has 0 radical (unpaired) electrons. The summed E-state index contributed by atoms with van der Waals surface area (Å²) < 4.78 is 0. The molecular formula is C13H12O4. The van der Waals surface area contributed by atoms with E-state index in [1.54, 1.807) is 24.3 Å². The van der Waals surface area contributed by atoms with Crippen molar-refractivity contribution >= 4 is 0 Å². The number of hydrogen-bond acceptors (Lipinski definition) is 4. The SMILES string of the molecule is Oc1ccc(Cc2cc(O)c(O)cc2O)cc1. The maximum absolute atomic E-state index is 9.61. The minimum Gasteiger partial charge on any atom is -0.508 e. The van der Waals surface area contributed by atoms with Gasteiger partial charge < -0.3 is 20.4 Å². The summed E-state index contributed by atoms with van der Waals surface area (Å²) in [6, 6.07) is 8.96. The minimum atomic E-state index is -0.350. The smallest absolute Gasteiger partial charge is 0.161 e. The highest BCUT2D eigenvalue weighted by atomic mass is 16.3. The third kappa shape index (κ3) is 2.42. The topological polar surface area (TPSA) is 80.9 Å². The maximum atomic E-state index is 9.61. The predicted molar refractivity (Wildman–Crippen MR) is 62.3 cm³/mol. The molecule has 0 atom stereocenters. The zero-order valence-corrected chi connectivity index (χ0v) is 8.96. The Morgan fingerprint density at radius 2 is 1.29 bits per heavy atom. The van der Waals surface area contributed by atoms with Gasteiger partial charge in [-0.3, -0.25) is 0 Å². The van der Waals surface area contributed by atoms with Gasteiger partial charge in [-0.05, 0) is 23.8 Å². The van der Waals surface area contributed by atoms with E-state index in [2.05, 4.69) is 0 Å². The van der Waals surface area contributed by atoms with Gasteiger partial charge in [0.1, 0.15) is 11.5 Å². The molecule has 0 aliphatic carbocycles. The van der Waals surface area contributed by atoms with Crippen LogP contribution in [0.1, 0.15) is 11.1 Å². The Kier molecular flexibility index (Phi) is 2.78. The average molecular weight is 232 g/mol. The number of aromatic hydroxyl groups is 4. The zero-order chi connectivity index (χ0) is 12.4. The van der Waals surface area contributed by atoms with Gasteiger partial charge in [-0.1, -0.05) is 12.1 Å². The molecule has 88 valence electrons. The van der Waals surface area contributed by atoms with Gasteiger partial charge in [0.25, 0.3) is 0 Å². The number of benzene rings is 2. The summed E-state index contributed by atoms with van der Waals surface area (Å²) in [5.41, 5.74) is 1.38. The van der Waals surface area contributed by atoms with Gasteiger partial charge in [-0.2, -0.15) is 0 Å². The first-order valence-electron chi connectivity index (χ1n) is 5.08. The van der Waals surface area contributed by atoms with E-state index in [4.69, 9.17) is 5.11 Å². The number of phenolic OH excluding ortho intramolecular Hbond substituents is 4. The lowest BCUT2D eigenvalue weighted by Gasteiger charge is -2.07. The van der Waals surface area contributed by atoms with Crippen LogP contribution in [0.2, 0.25) is 0 Å². The third-order valence-corrected chi connectivity index (χ3v) is 2.51. The Morgan fingerprint density at radius 3 is 1.94 bits per heavy atom. The molecule has 0 bridgehead atoms. The van der Waals surface area contributed by atoms with E-state index in [0.717, 1.165) is 11.6 Å². The summed E-state index contributed by atoms with van der Waals surface area (Å²) in [4.78, 5) is 0. The van der Waals surface area contributed by atoms with Crippen LogP contribution >= 0.6 is 0 Å². The molecule has 0 aromatic heterocycles. The molecule has 2 aromatic rings. The molecule has 17 heavy (non-hydrogen) atoms.